The van der Waals surface area contributed by atoms with Crippen LogP contribution in [0.4, 0.5) is 5.69 Å². The van der Waals surface area contributed by atoms with Crippen LogP contribution in [0, 0.1) is 0 Å². The van der Waals surface area contributed by atoms with Crippen LogP contribution in [0.15, 0.2) is 41.3 Å². The van der Waals surface area contributed by atoms with Crippen LogP contribution in [0.3, 0.4) is 0 Å². The predicted octanol–water partition coefficient (Wildman–Crippen LogP) is 2.61. The molecule has 1 aromatic heterocycles. The minimum Gasteiger partial charge on any atom is -0.448 e. The molecule has 1 N–H and O–H groups in total. The van der Waals surface area contributed by atoms with Crippen LogP contribution in [-0.2, 0) is 24.3 Å². The molecule has 29 heavy (non-hydrogen) atoms. The van der Waals surface area contributed by atoms with E-state index in [0.29, 0.717) is 41.2 Å². The molecule has 0 spiro atoms. The van der Waals surface area contributed by atoms with E-state index in [2.05, 4.69) is 5.32 Å². The summed E-state index contributed by atoms with van der Waals surface area (Å²) < 4.78 is 37.3. The summed E-state index contributed by atoms with van der Waals surface area (Å²) in [7, 11) is -3.61. The number of hydrogen-bond acceptors (Lipinski definition) is 7. The van der Waals surface area contributed by atoms with Gasteiger partial charge < -0.3 is 14.8 Å². The van der Waals surface area contributed by atoms with E-state index >= 15 is 0 Å². The molecule has 1 saturated heterocycles. The molecule has 1 aliphatic heterocycles. The van der Waals surface area contributed by atoms with Crippen LogP contribution in [0.25, 0.3) is 0 Å². The molecule has 2 aromatic rings. The van der Waals surface area contributed by atoms with Crippen LogP contribution in [0.5, 0.6) is 0 Å². The molecule has 1 aliphatic rings. The lowest BCUT2D eigenvalue weighted by Gasteiger charge is -2.26. The first-order chi connectivity index (χ1) is 13.8. The summed E-state index contributed by atoms with van der Waals surface area (Å²) in [5, 5.41) is 2.59. The third-order valence-electron chi connectivity index (χ3n) is 4.16. The van der Waals surface area contributed by atoms with Crippen molar-refractivity contribution in [1.29, 1.82) is 0 Å². The Labute approximate surface area is 177 Å². The zero-order chi connectivity index (χ0) is 21.0. The molecule has 2 heterocycles. The monoisotopic (exact) mass is 458 g/mol. The van der Waals surface area contributed by atoms with Crippen molar-refractivity contribution in [3.8, 4) is 0 Å². The molecule has 1 atom stereocenters. The Bertz CT molecular complexity index is 984. The van der Waals surface area contributed by atoms with Crippen molar-refractivity contribution in [2.24, 2.45) is 0 Å². The number of anilines is 1. The van der Waals surface area contributed by atoms with Gasteiger partial charge in [-0.05, 0) is 43.3 Å². The summed E-state index contributed by atoms with van der Waals surface area (Å²) >= 11 is 6.84. The number of thiophene rings is 1. The maximum atomic E-state index is 12.6. The number of carbonyl (C=O) groups is 2. The van der Waals surface area contributed by atoms with Gasteiger partial charge in [0.2, 0.25) is 10.0 Å². The molecule has 11 heteroatoms. The smallest absolute Gasteiger partial charge is 0.349 e. The lowest BCUT2D eigenvalue weighted by Crippen LogP contribution is -2.40. The Kier molecular flexibility index (Phi) is 6.91. The molecule has 1 fully saturated rings. The van der Waals surface area contributed by atoms with E-state index in [1.165, 1.54) is 41.6 Å². The number of nitrogens with zero attached hydrogens (tertiary/aromatic N) is 1. The number of amides is 1. The van der Waals surface area contributed by atoms with Crippen molar-refractivity contribution in [3.63, 3.8) is 0 Å². The molecule has 3 rings (SSSR count). The third kappa shape index (κ3) is 5.34. The van der Waals surface area contributed by atoms with Crippen LogP contribution in [0.2, 0.25) is 4.34 Å². The Morgan fingerprint density at radius 3 is 2.41 bits per heavy atom. The zero-order valence-corrected chi connectivity index (χ0v) is 17.8. The molecule has 0 bridgehead atoms. The second-order valence-electron chi connectivity index (χ2n) is 6.18. The molecule has 1 aromatic carbocycles. The van der Waals surface area contributed by atoms with E-state index in [1.54, 1.807) is 6.07 Å². The van der Waals surface area contributed by atoms with Gasteiger partial charge in [-0.15, -0.1) is 11.3 Å². The first-order valence-corrected chi connectivity index (χ1v) is 11.4. The van der Waals surface area contributed by atoms with Crippen molar-refractivity contribution in [2.75, 3.05) is 31.6 Å². The van der Waals surface area contributed by atoms with Crippen LogP contribution < -0.4 is 5.32 Å². The Morgan fingerprint density at radius 1 is 1.17 bits per heavy atom. The summed E-state index contributed by atoms with van der Waals surface area (Å²) in [4.78, 5) is 24.7. The van der Waals surface area contributed by atoms with Crippen molar-refractivity contribution >= 4 is 50.5 Å². The number of nitrogens with one attached hydrogen (secondary N) is 1. The van der Waals surface area contributed by atoms with Gasteiger partial charge in [-0.25, -0.2) is 13.2 Å². The van der Waals surface area contributed by atoms with Crippen LogP contribution >= 0.6 is 22.9 Å². The van der Waals surface area contributed by atoms with Crippen molar-refractivity contribution in [3.05, 3.63) is 45.6 Å². The molecule has 0 saturated carbocycles. The lowest BCUT2D eigenvalue weighted by atomic mass is 10.3. The summed E-state index contributed by atoms with van der Waals surface area (Å²) in [6, 6.07) is 8.90. The van der Waals surface area contributed by atoms with E-state index in [0.717, 1.165) is 11.3 Å². The number of esters is 1. The number of sulfonamides is 1. The molecule has 0 radical (unpaired) electrons. The highest BCUT2D eigenvalue weighted by atomic mass is 35.5. The number of halogens is 1. The molecule has 0 aliphatic carbocycles. The minimum absolute atomic E-state index is 0.131. The summed E-state index contributed by atoms with van der Waals surface area (Å²) in [5.74, 6) is -1.18. The van der Waals surface area contributed by atoms with E-state index in [4.69, 9.17) is 21.1 Å². The molecular weight excluding hydrogens is 440 g/mol. The fourth-order valence-corrected chi connectivity index (χ4v) is 4.92. The minimum atomic E-state index is -3.61. The summed E-state index contributed by atoms with van der Waals surface area (Å²) in [6.45, 7) is 2.78. The highest BCUT2D eigenvalue weighted by molar-refractivity contribution is 7.89. The van der Waals surface area contributed by atoms with Gasteiger partial charge in [0.15, 0.2) is 6.10 Å². The average Bonchev–Trinajstić information content (AvgIpc) is 3.15. The average molecular weight is 459 g/mol. The van der Waals surface area contributed by atoms with E-state index in [9.17, 15) is 18.0 Å². The van der Waals surface area contributed by atoms with Gasteiger partial charge in [0.05, 0.1) is 22.4 Å². The highest BCUT2D eigenvalue weighted by Gasteiger charge is 2.26. The maximum Gasteiger partial charge on any atom is 0.349 e. The van der Waals surface area contributed by atoms with Gasteiger partial charge in [0.1, 0.15) is 4.88 Å². The summed E-state index contributed by atoms with van der Waals surface area (Å²) in [5.41, 5.74) is 0.387. The number of carbonyl (C=O) groups excluding carboxylic acids is 2. The van der Waals surface area contributed by atoms with Gasteiger partial charge in [0, 0.05) is 18.8 Å². The topological polar surface area (TPSA) is 102 Å². The zero-order valence-electron chi connectivity index (χ0n) is 15.5. The van der Waals surface area contributed by atoms with Gasteiger partial charge in [-0.3, -0.25) is 4.79 Å². The van der Waals surface area contributed by atoms with E-state index in [1.807, 2.05) is 0 Å². The maximum absolute atomic E-state index is 12.6. The first kappa shape index (κ1) is 21.7. The predicted molar refractivity (Wildman–Crippen MR) is 109 cm³/mol. The Balaban J connectivity index is 1.60. The number of ether oxygens (including phenoxy) is 2. The molecule has 8 nitrogen and oxygen atoms in total. The molecule has 1 amide bonds. The fraction of sp³-hybridized carbons (Fsp3) is 0.333. The number of morpholine rings is 1. The SMILES string of the molecule is CC(OC(=O)c1ccc(Cl)s1)C(=O)Nc1ccc(S(=O)(=O)N2CCOCC2)cc1. The van der Waals surface area contributed by atoms with Gasteiger partial charge in [-0.2, -0.15) is 4.31 Å². The first-order valence-electron chi connectivity index (χ1n) is 8.72. The van der Waals surface area contributed by atoms with Gasteiger partial charge >= 0.3 is 5.97 Å². The van der Waals surface area contributed by atoms with Crippen LogP contribution in [0.1, 0.15) is 16.6 Å². The number of rotatable bonds is 6. The quantitative estimate of drug-likeness (QED) is 0.667. The molecular formula is C18H19ClN2O6S2. The van der Waals surface area contributed by atoms with Crippen molar-refractivity contribution < 1.29 is 27.5 Å². The highest BCUT2D eigenvalue weighted by Crippen LogP contribution is 2.23. The van der Waals surface area contributed by atoms with E-state index < -0.39 is 28.0 Å². The van der Waals surface area contributed by atoms with Crippen LogP contribution in [-0.4, -0.2) is 57.0 Å². The summed E-state index contributed by atoms with van der Waals surface area (Å²) in [6.07, 6.45) is -1.04. The number of hydrogen-bond donors (Lipinski definition) is 1. The van der Waals surface area contributed by atoms with E-state index in [-0.39, 0.29) is 4.90 Å². The lowest BCUT2D eigenvalue weighted by molar-refractivity contribution is -0.123. The van der Waals surface area contributed by atoms with Gasteiger partial charge in [0.25, 0.3) is 5.91 Å². The second kappa shape index (κ2) is 9.23. The number of benzene rings is 1. The standard InChI is InChI=1S/C18H19ClN2O6S2/c1-12(27-18(23)15-6-7-16(19)28-15)17(22)20-13-2-4-14(5-3-13)29(24,25)21-8-10-26-11-9-21/h2-7,12H,8-11H2,1H3,(H,20,22). The Hall–Kier alpha value is -1.98. The largest absolute Gasteiger partial charge is 0.448 e. The molecule has 156 valence electrons. The van der Waals surface area contributed by atoms with Crippen molar-refractivity contribution in [1.82, 2.24) is 4.31 Å². The fourth-order valence-electron chi connectivity index (χ4n) is 2.59. The molecule has 1 unspecified atom stereocenters. The second-order valence-corrected chi connectivity index (χ2v) is 9.83. The van der Waals surface area contributed by atoms with Crippen molar-refractivity contribution in [2.45, 2.75) is 17.9 Å². The Morgan fingerprint density at radius 2 is 1.83 bits per heavy atom. The normalized spacial score (nSPS) is 16.2. The third-order valence-corrected chi connectivity index (χ3v) is 7.28. The van der Waals surface area contributed by atoms with Gasteiger partial charge in [-0.1, -0.05) is 11.6 Å².